The molecule has 0 aliphatic rings. The van der Waals surface area contributed by atoms with E-state index in [1.54, 1.807) is 12.1 Å². The number of nitrogens with two attached hydrogens (primary N) is 1. The quantitative estimate of drug-likeness (QED) is 0.462. The summed E-state index contributed by atoms with van der Waals surface area (Å²) in [5.74, 6) is 0.524. The second-order valence-electron chi connectivity index (χ2n) is 6.56. The summed E-state index contributed by atoms with van der Waals surface area (Å²) in [5, 5.41) is 0.0257. The van der Waals surface area contributed by atoms with Gasteiger partial charge in [0.25, 0.3) is 5.17 Å². The molecule has 0 aliphatic carbocycles. The highest BCUT2D eigenvalue weighted by Crippen LogP contribution is 2.24. The first-order chi connectivity index (χ1) is 12.8. The average Bonchev–Trinajstić information content (AvgIpc) is 2.63. The minimum Gasteiger partial charge on any atom is -0.430 e. The van der Waals surface area contributed by atoms with Gasteiger partial charge in [0.1, 0.15) is 17.4 Å². The van der Waals surface area contributed by atoms with Crippen molar-refractivity contribution in [2.75, 3.05) is 20.1 Å². The Morgan fingerprint density at radius 1 is 1.19 bits per heavy atom. The van der Waals surface area contributed by atoms with Gasteiger partial charge in [0.15, 0.2) is 0 Å². The van der Waals surface area contributed by atoms with Crippen molar-refractivity contribution in [1.82, 2.24) is 4.90 Å². The zero-order chi connectivity index (χ0) is 20.0. The number of amidine groups is 1. The first-order valence-corrected chi connectivity index (χ1v) is 9.31. The molecule has 6 heteroatoms. The Labute approximate surface area is 165 Å². The number of nitrogens with zero attached hydrogens (tertiary/aromatic N) is 2. The van der Waals surface area contributed by atoms with Crippen molar-refractivity contribution in [1.29, 1.82) is 0 Å². The summed E-state index contributed by atoms with van der Waals surface area (Å²) >= 11 is 5.20. The van der Waals surface area contributed by atoms with Gasteiger partial charge in [0.2, 0.25) is 0 Å². The van der Waals surface area contributed by atoms with Gasteiger partial charge in [-0.2, -0.15) is 4.99 Å². The second-order valence-corrected chi connectivity index (χ2v) is 6.91. The molecule has 0 aliphatic heterocycles. The minimum atomic E-state index is -0.332. The van der Waals surface area contributed by atoms with Gasteiger partial charge in [-0.1, -0.05) is 13.0 Å². The minimum absolute atomic E-state index is 0.0257. The van der Waals surface area contributed by atoms with Crippen LogP contribution in [-0.4, -0.2) is 36.0 Å². The number of benzene rings is 2. The van der Waals surface area contributed by atoms with Crippen LogP contribution in [0.1, 0.15) is 29.2 Å². The number of aliphatic imine (C=N–C) groups is 1. The third kappa shape index (κ3) is 6.12. The highest BCUT2D eigenvalue weighted by atomic mass is 32.1. The van der Waals surface area contributed by atoms with Crippen LogP contribution in [0.3, 0.4) is 0 Å². The van der Waals surface area contributed by atoms with E-state index in [-0.39, 0.29) is 16.8 Å². The first-order valence-electron chi connectivity index (χ1n) is 8.90. The molecule has 0 fully saturated rings. The summed E-state index contributed by atoms with van der Waals surface area (Å²) in [6.07, 6.45) is 0.984. The Balaban J connectivity index is 2.10. The molecule has 0 aromatic heterocycles. The molecule has 0 spiro atoms. The number of rotatable bonds is 6. The fourth-order valence-electron chi connectivity index (χ4n) is 2.60. The summed E-state index contributed by atoms with van der Waals surface area (Å²) in [7, 11) is 2.11. The van der Waals surface area contributed by atoms with Gasteiger partial charge >= 0.3 is 0 Å². The van der Waals surface area contributed by atoms with Gasteiger partial charge in [0.05, 0.1) is 0 Å². The number of thiocarbonyl (C=S) groups is 1. The fraction of sp³-hybridized carbons (Fsp3) is 0.333. The molecule has 2 rings (SSSR count). The largest absolute Gasteiger partial charge is 0.430 e. The lowest BCUT2D eigenvalue weighted by atomic mass is 10.0. The van der Waals surface area contributed by atoms with Gasteiger partial charge in [-0.15, -0.1) is 0 Å². The number of ether oxygens (including phenoxy) is 1. The van der Waals surface area contributed by atoms with Crippen molar-refractivity contribution in [3.63, 3.8) is 0 Å². The second kappa shape index (κ2) is 9.58. The maximum Gasteiger partial charge on any atom is 0.290 e. The highest BCUT2D eigenvalue weighted by Gasteiger charge is 2.09. The van der Waals surface area contributed by atoms with Gasteiger partial charge in [-0.05, 0) is 93.1 Å². The molecule has 0 saturated heterocycles. The van der Waals surface area contributed by atoms with Crippen LogP contribution >= 0.6 is 12.2 Å². The molecule has 2 aromatic rings. The molecular formula is C21H26FN3OS. The fourth-order valence-corrected chi connectivity index (χ4v) is 2.79. The van der Waals surface area contributed by atoms with E-state index in [9.17, 15) is 4.39 Å². The van der Waals surface area contributed by atoms with Crippen LogP contribution in [0.5, 0.6) is 5.75 Å². The Morgan fingerprint density at radius 3 is 2.48 bits per heavy atom. The van der Waals surface area contributed by atoms with Crippen LogP contribution in [0, 0.1) is 19.7 Å². The SMILES string of the molecule is CCN(C)CCc1cc(C)c(OC(=S)N=C(N)c2ccc(F)cc2)cc1C. The topological polar surface area (TPSA) is 50.8 Å². The van der Waals surface area contributed by atoms with Crippen LogP contribution in [0.4, 0.5) is 4.39 Å². The van der Waals surface area contributed by atoms with Crippen LogP contribution in [0.25, 0.3) is 0 Å². The predicted molar refractivity (Wildman–Crippen MR) is 113 cm³/mol. The summed E-state index contributed by atoms with van der Waals surface area (Å²) in [5.41, 5.74) is 9.95. The van der Waals surface area contributed by atoms with E-state index in [2.05, 4.69) is 36.9 Å². The number of hydrogen-bond donors (Lipinski definition) is 1. The van der Waals surface area contributed by atoms with Gasteiger partial charge in [0, 0.05) is 12.1 Å². The smallest absolute Gasteiger partial charge is 0.290 e. The lowest BCUT2D eigenvalue weighted by molar-refractivity contribution is 0.357. The van der Waals surface area contributed by atoms with Crippen molar-refractivity contribution in [2.45, 2.75) is 27.2 Å². The van der Waals surface area contributed by atoms with Crippen molar-refractivity contribution in [3.8, 4) is 5.75 Å². The molecule has 0 saturated carbocycles. The normalized spacial score (nSPS) is 11.7. The van der Waals surface area contributed by atoms with E-state index in [1.807, 2.05) is 13.0 Å². The van der Waals surface area contributed by atoms with E-state index in [0.29, 0.717) is 11.3 Å². The zero-order valence-corrected chi connectivity index (χ0v) is 17.1. The van der Waals surface area contributed by atoms with Crippen LogP contribution < -0.4 is 10.5 Å². The molecule has 0 bridgehead atoms. The van der Waals surface area contributed by atoms with E-state index < -0.39 is 0 Å². The van der Waals surface area contributed by atoms with Crippen LogP contribution in [0.15, 0.2) is 41.4 Å². The predicted octanol–water partition coefficient (Wildman–Crippen LogP) is 4.01. The molecule has 0 heterocycles. The Morgan fingerprint density at radius 2 is 1.85 bits per heavy atom. The molecule has 2 aromatic carbocycles. The number of halogens is 1. The number of hydrogen-bond acceptors (Lipinski definition) is 3. The molecule has 4 nitrogen and oxygen atoms in total. The maximum absolute atomic E-state index is 13.0. The average molecular weight is 388 g/mol. The van der Waals surface area contributed by atoms with E-state index in [4.69, 9.17) is 22.7 Å². The lowest BCUT2D eigenvalue weighted by Crippen LogP contribution is -2.20. The van der Waals surface area contributed by atoms with Crippen molar-refractivity contribution in [3.05, 3.63) is 64.5 Å². The Kier molecular flexibility index (Phi) is 7.45. The van der Waals surface area contributed by atoms with E-state index in [1.165, 1.54) is 17.7 Å². The summed E-state index contributed by atoms with van der Waals surface area (Å²) < 4.78 is 18.7. The van der Waals surface area contributed by atoms with E-state index >= 15 is 0 Å². The first kappa shape index (κ1) is 21.0. The maximum atomic E-state index is 13.0. The Hall–Kier alpha value is -2.31. The third-order valence-corrected chi connectivity index (χ3v) is 4.66. The van der Waals surface area contributed by atoms with Gasteiger partial charge < -0.3 is 15.4 Å². The summed E-state index contributed by atoms with van der Waals surface area (Å²) in [6, 6.07) is 9.85. The van der Waals surface area contributed by atoms with Crippen molar-refractivity contribution in [2.24, 2.45) is 10.7 Å². The molecule has 2 N–H and O–H groups in total. The van der Waals surface area contributed by atoms with Crippen molar-refractivity contribution < 1.29 is 9.13 Å². The monoisotopic (exact) mass is 387 g/mol. The summed E-state index contributed by atoms with van der Waals surface area (Å²) in [6.45, 7) is 8.23. The van der Waals surface area contributed by atoms with Crippen LogP contribution in [0.2, 0.25) is 0 Å². The number of likely N-dealkylation sites (N-methyl/N-ethyl adjacent to an activating group) is 1. The van der Waals surface area contributed by atoms with Gasteiger partial charge in [-0.3, -0.25) is 0 Å². The summed E-state index contributed by atoms with van der Waals surface area (Å²) in [4.78, 5) is 6.39. The molecule has 0 radical (unpaired) electrons. The molecule has 144 valence electrons. The zero-order valence-electron chi connectivity index (χ0n) is 16.3. The highest BCUT2D eigenvalue weighted by molar-refractivity contribution is 7.80. The van der Waals surface area contributed by atoms with E-state index in [0.717, 1.165) is 30.6 Å². The Bertz CT molecular complexity index is 834. The lowest BCUT2D eigenvalue weighted by Gasteiger charge is -2.16. The van der Waals surface area contributed by atoms with Crippen LogP contribution in [-0.2, 0) is 6.42 Å². The molecule has 0 amide bonds. The van der Waals surface area contributed by atoms with Gasteiger partial charge in [-0.25, -0.2) is 4.39 Å². The molecular weight excluding hydrogens is 361 g/mol. The molecule has 0 atom stereocenters. The standard InChI is InChI=1S/C21H26FN3OS/c1-5-25(4)11-10-17-12-15(3)19(13-14(17)2)26-21(27)24-20(23)16-6-8-18(22)9-7-16/h6-9,12-13H,5,10-11H2,1-4H3,(H2,23,24,27). The third-order valence-electron chi connectivity index (χ3n) is 4.49. The number of aryl methyl sites for hydroxylation is 2. The molecule has 27 heavy (non-hydrogen) atoms. The van der Waals surface area contributed by atoms with Crippen molar-refractivity contribution >= 4 is 23.2 Å². The molecule has 0 unspecified atom stereocenters.